The Bertz CT molecular complexity index is 734. The zero-order valence-electron chi connectivity index (χ0n) is 11.8. The first-order valence-electron chi connectivity index (χ1n) is 6.54. The summed E-state index contributed by atoms with van der Waals surface area (Å²) in [5.41, 5.74) is 0.905. The van der Waals surface area contributed by atoms with Crippen molar-refractivity contribution in [3.8, 4) is 0 Å². The molecule has 0 fully saturated rings. The van der Waals surface area contributed by atoms with Crippen molar-refractivity contribution in [2.24, 2.45) is 0 Å². The molecule has 6 heteroatoms. The van der Waals surface area contributed by atoms with E-state index in [9.17, 15) is 0 Å². The number of aromatic nitrogens is 3. The SMILES string of the molecule is CCc1cc2c(N(C)Cc3cc(C)on3)ncnc2s1. The summed E-state index contributed by atoms with van der Waals surface area (Å²) in [5.74, 6) is 1.76. The topological polar surface area (TPSA) is 55.1 Å². The molecule has 0 aliphatic rings. The third-order valence-corrected chi connectivity index (χ3v) is 4.33. The van der Waals surface area contributed by atoms with Crippen LogP contribution in [0.25, 0.3) is 10.2 Å². The van der Waals surface area contributed by atoms with Crippen LogP contribution in [-0.2, 0) is 13.0 Å². The van der Waals surface area contributed by atoms with E-state index >= 15 is 0 Å². The molecular weight excluding hydrogens is 272 g/mol. The van der Waals surface area contributed by atoms with E-state index in [0.29, 0.717) is 6.54 Å². The lowest BCUT2D eigenvalue weighted by Gasteiger charge is -2.16. The number of aryl methyl sites for hydroxylation is 2. The lowest BCUT2D eigenvalue weighted by molar-refractivity contribution is 0.390. The summed E-state index contributed by atoms with van der Waals surface area (Å²) in [6, 6.07) is 4.12. The zero-order valence-corrected chi connectivity index (χ0v) is 12.6. The van der Waals surface area contributed by atoms with Gasteiger partial charge in [-0.25, -0.2) is 9.97 Å². The Hall–Kier alpha value is -1.95. The van der Waals surface area contributed by atoms with Gasteiger partial charge in [0.05, 0.1) is 11.9 Å². The number of hydrogen-bond acceptors (Lipinski definition) is 6. The van der Waals surface area contributed by atoms with Gasteiger partial charge in [0, 0.05) is 18.0 Å². The van der Waals surface area contributed by atoms with E-state index in [-0.39, 0.29) is 0 Å². The van der Waals surface area contributed by atoms with Crippen LogP contribution in [0.1, 0.15) is 23.3 Å². The fourth-order valence-electron chi connectivity index (χ4n) is 2.18. The second kappa shape index (κ2) is 5.20. The van der Waals surface area contributed by atoms with Gasteiger partial charge < -0.3 is 9.42 Å². The van der Waals surface area contributed by atoms with Crippen molar-refractivity contribution in [2.45, 2.75) is 26.8 Å². The Labute approximate surface area is 121 Å². The molecule has 3 aromatic heterocycles. The van der Waals surface area contributed by atoms with Gasteiger partial charge in [0.15, 0.2) is 0 Å². The maximum atomic E-state index is 5.10. The number of fused-ring (bicyclic) bond motifs is 1. The molecule has 0 spiro atoms. The maximum absolute atomic E-state index is 5.10. The summed E-state index contributed by atoms with van der Waals surface area (Å²) in [6.45, 7) is 4.71. The molecule has 0 aliphatic carbocycles. The van der Waals surface area contributed by atoms with E-state index < -0.39 is 0 Å². The number of anilines is 1. The number of hydrogen-bond donors (Lipinski definition) is 0. The molecule has 3 heterocycles. The van der Waals surface area contributed by atoms with Crippen molar-refractivity contribution in [2.75, 3.05) is 11.9 Å². The summed E-state index contributed by atoms with van der Waals surface area (Å²) >= 11 is 1.73. The monoisotopic (exact) mass is 288 g/mol. The molecule has 0 saturated heterocycles. The predicted molar refractivity (Wildman–Crippen MR) is 80.1 cm³/mol. The first kappa shape index (κ1) is 13.1. The van der Waals surface area contributed by atoms with Crippen molar-refractivity contribution < 1.29 is 4.52 Å². The third kappa shape index (κ3) is 2.38. The molecule has 3 rings (SSSR count). The van der Waals surface area contributed by atoms with Gasteiger partial charge in [0.25, 0.3) is 0 Å². The lowest BCUT2D eigenvalue weighted by atomic mass is 10.3. The fraction of sp³-hybridized carbons (Fsp3) is 0.357. The van der Waals surface area contributed by atoms with Crippen LogP contribution in [0.2, 0.25) is 0 Å². The first-order chi connectivity index (χ1) is 9.67. The highest BCUT2D eigenvalue weighted by Crippen LogP contribution is 2.30. The average molecular weight is 288 g/mol. The quantitative estimate of drug-likeness (QED) is 0.738. The molecule has 0 aliphatic heterocycles. The van der Waals surface area contributed by atoms with E-state index in [1.54, 1.807) is 17.7 Å². The molecule has 0 amide bonds. The van der Waals surface area contributed by atoms with E-state index in [4.69, 9.17) is 4.52 Å². The number of nitrogens with zero attached hydrogens (tertiary/aromatic N) is 4. The Balaban J connectivity index is 1.94. The highest BCUT2D eigenvalue weighted by atomic mass is 32.1. The van der Waals surface area contributed by atoms with Crippen LogP contribution >= 0.6 is 11.3 Å². The molecule has 20 heavy (non-hydrogen) atoms. The molecule has 0 bridgehead atoms. The molecule has 3 aromatic rings. The lowest BCUT2D eigenvalue weighted by Crippen LogP contribution is -2.18. The normalized spacial score (nSPS) is 11.2. The van der Waals surface area contributed by atoms with Gasteiger partial charge >= 0.3 is 0 Å². The van der Waals surface area contributed by atoms with E-state index in [2.05, 4.69) is 33.0 Å². The summed E-state index contributed by atoms with van der Waals surface area (Å²) in [4.78, 5) is 13.2. The van der Waals surface area contributed by atoms with E-state index in [0.717, 1.165) is 33.9 Å². The van der Waals surface area contributed by atoms with Gasteiger partial charge in [-0.1, -0.05) is 12.1 Å². The van der Waals surface area contributed by atoms with Gasteiger partial charge in [0.1, 0.15) is 28.4 Å². The van der Waals surface area contributed by atoms with E-state index in [1.807, 2.05) is 20.0 Å². The molecule has 5 nitrogen and oxygen atoms in total. The van der Waals surface area contributed by atoms with Crippen LogP contribution in [-0.4, -0.2) is 22.2 Å². The third-order valence-electron chi connectivity index (χ3n) is 3.15. The van der Waals surface area contributed by atoms with Gasteiger partial charge in [-0.3, -0.25) is 0 Å². The molecule has 104 valence electrons. The molecule has 0 saturated carbocycles. The molecule has 0 N–H and O–H groups in total. The second-order valence-electron chi connectivity index (χ2n) is 4.77. The van der Waals surface area contributed by atoms with Gasteiger partial charge in [-0.05, 0) is 19.4 Å². The Morgan fingerprint density at radius 1 is 1.30 bits per heavy atom. The largest absolute Gasteiger partial charge is 0.361 e. The molecular formula is C14H16N4OS. The van der Waals surface area contributed by atoms with Crippen LogP contribution < -0.4 is 4.90 Å². The maximum Gasteiger partial charge on any atom is 0.140 e. The summed E-state index contributed by atoms with van der Waals surface area (Å²) in [6.07, 6.45) is 2.64. The summed E-state index contributed by atoms with van der Waals surface area (Å²) in [7, 11) is 2.01. The first-order valence-corrected chi connectivity index (χ1v) is 7.35. The number of thiophene rings is 1. The predicted octanol–water partition coefficient (Wildman–Crippen LogP) is 3.19. The second-order valence-corrected chi connectivity index (χ2v) is 5.88. The van der Waals surface area contributed by atoms with Crippen molar-refractivity contribution >= 4 is 27.4 Å². The minimum atomic E-state index is 0.667. The highest BCUT2D eigenvalue weighted by Gasteiger charge is 2.13. The van der Waals surface area contributed by atoms with Crippen LogP contribution in [0.4, 0.5) is 5.82 Å². The van der Waals surface area contributed by atoms with Crippen molar-refractivity contribution in [3.63, 3.8) is 0 Å². The van der Waals surface area contributed by atoms with Gasteiger partial charge in [-0.15, -0.1) is 11.3 Å². The smallest absolute Gasteiger partial charge is 0.140 e. The molecule has 0 unspecified atom stereocenters. The van der Waals surface area contributed by atoms with Crippen molar-refractivity contribution in [1.29, 1.82) is 0 Å². The van der Waals surface area contributed by atoms with Crippen LogP contribution in [0.3, 0.4) is 0 Å². The highest BCUT2D eigenvalue weighted by molar-refractivity contribution is 7.18. The molecule has 0 aromatic carbocycles. The molecule has 0 radical (unpaired) electrons. The Kier molecular flexibility index (Phi) is 3.40. The zero-order chi connectivity index (χ0) is 14.1. The van der Waals surface area contributed by atoms with Crippen LogP contribution in [0.15, 0.2) is 23.0 Å². The summed E-state index contributed by atoms with van der Waals surface area (Å²) in [5, 5.41) is 5.13. The van der Waals surface area contributed by atoms with Crippen LogP contribution in [0, 0.1) is 6.92 Å². The van der Waals surface area contributed by atoms with Crippen molar-refractivity contribution in [1.82, 2.24) is 15.1 Å². The number of rotatable bonds is 4. The minimum absolute atomic E-state index is 0.667. The van der Waals surface area contributed by atoms with Crippen LogP contribution in [0.5, 0.6) is 0 Å². The standard InChI is InChI=1S/C14H16N4OS/c1-4-11-6-12-13(15-8-16-14(12)20-11)18(3)7-10-5-9(2)19-17-10/h5-6,8H,4,7H2,1-3H3. The minimum Gasteiger partial charge on any atom is -0.361 e. The Morgan fingerprint density at radius 3 is 2.85 bits per heavy atom. The Morgan fingerprint density at radius 2 is 2.15 bits per heavy atom. The average Bonchev–Trinajstić information content (AvgIpc) is 3.03. The fourth-order valence-corrected chi connectivity index (χ4v) is 3.11. The van der Waals surface area contributed by atoms with Crippen molar-refractivity contribution in [3.05, 3.63) is 34.8 Å². The van der Waals surface area contributed by atoms with Gasteiger partial charge in [-0.2, -0.15) is 0 Å². The van der Waals surface area contributed by atoms with E-state index in [1.165, 1.54) is 4.88 Å². The van der Waals surface area contributed by atoms with Gasteiger partial charge in [0.2, 0.25) is 0 Å². The molecule has 0 atom stereocenters. The summed E-state index contributed by atoms with van der Waals surface area (Å²) < 4.78 is 5.10.